The molecule has 0 saturated carbocycles. The third-order valence-corrected chi connectivity index (χ3v) is 5.31. The Kier molecular flexibility index (Phi) is 2.83. The average molecular weight is 232 g/mol. The number of hydrogen-bond acceptors (Lipinski definition) is 1. The maximum Gasteiger partial charge on any atom is 0.0380 e. The molecule has 0 aliphatic rings. The van der Waals surface area contributed by atoms with Crippen molar-refractivity contribution in [3.63, 3.8) is 0 Å². The summed E-state index contributed by atoms with van der Waals surface area (Å²) in [5.74, 6) is 0.636. The lowest BCUT2D eigenvalue weighted by molar-refractivity contribution is 0.890. The van der Waals surface area contributed by atoms with Crippen LogP contribution in [0.3, 0.4) is 0 Å². The molecule has 86 valence electrons. The average Bonchev–Trinajstić information content (AvgIpc) is 2.68. The van der Waals surface area contributed by atoms with Crippen molar-refractivity contribution in [3.8, 4) is 0 Å². The van der Waals surface area contributed by atoms with Crippen molar-refractivity contribution >= 4 is 21.4 Å². The molecule has 0 aliphatic carbocycles. The van der Waals surface area contributed by atoms with E-state index in [2.05, 4.69) is 47.6 Å². The molecule has 0 atom stereocenters. The normalized spacial score (nSPS) is 11.7. The molecule has 0 nitrogen and oxygen atoms in total. The fraction of sp³-hybridized carbons (Fsp3) is 0.467. The predicted octanol–water partition coefficient (Wildman–Crippen LogP) is 5.26. The van der Waals surface area contributed by atoms with Gasteiger partial charge in [0.25, 0.3) is 0 Å². The minimum absolute atomic E-state index is 0.636. The fourth-order valence-corrected chi connectivity index (χ4v) is 3.46. The Hall–Kier alpha value is -0.820. The largest absolute Gasteiger partial charge is 0.140 e. The summed E-state index contributed by atoms with van der Waals surface area (Å²) in [6, 6.07) is 2.39. The lowest BCUT2D eigenvalue weighted by atomic mass is 9.96. The first kappa shape index (κ1) is 11.7. The number of rotatable bonds is 1. The van der Waals surface area contributed by atoms with Crippen LogP contribution < -0.4 is 0 Å². The monoisotopic (exact) mass is 232 g/mol. The second kappa shape index (κ2) is 3.89. The van der Waals surface area contributed by atoms with Crippen LogP contribution in [0, 0.1) is 27.7 Å². The van der Waals surface area contributed by atoms with Crippen molar-refractivity contribution in [2.45, 2.75) is 47.5 Å². The number of benzene rings is 1. The van der Waals surface area contributed by atoms with E-state index in [1.807, 2.05) is 11.3 Å². The zero-order valence-electron chi connectivity index (χ0n) is 11.1. The van der Waals surface area contributed by atoms with Crippen LogP contribution in [0.15, 0.2) is 6.07 Å². The molecular formula is C15H20S. The van der Waals surface area contributed by atoms with E-state index in [9.17, 15) is 0 Å². The van der Waals surface area contributed by atoms with Gasteiger partial charge in [-0.15, -0.1) is 11.3 Å². The number of aryl methyl sites for hydroxylation is 2. The lowest BCUT2D eigenvalue weighted by Crippen LogP contribution is -1.90. The van der Waals surface area contributed by atoms with Gasteiger partial charge >= 0.3 is 0 Å². The van der Waals surface area contributed by atoms with E-state index in [1.54, 1.807) is 0 Å². The van der Waals surface area contributed by atoms with Gasteiger partial charge in [0.2, 0.25) is 0 Å². The molecule has 0 unspecified atom stereocenters. The van der Waals surface area contributed by atoms with Gasteiger partial charge in [-0.2, -0.15) is 0 Å². The van der Waals surface area contributed by atoms with Crippen LogP contribution in [0.25, 0.3) is 10.1 Å². The highest BCUT2D eigenvalue weighted by Crippen LogP contribution is 2.37. The Morgan fingerprint density at radius 3 is 2.00 bits per heavy atom. The zero-order chi connectivity index (χ0) is 12.0. The molecule has 0 saturated heterocycles. The third kappa shape index (κ3) is 1.58. The molecule has 1 heterocycles. The Morgan fingerprint density at radius 1 is 0.875 bits per heavy atom. The van der Waals surface area contributed by atoms with E-state index < -0.39 is 0 Å². The van der Waals surface area contributed by atoms with E-state index in [4.69, 9.17) is 0 Å². The van der Waals surface area contributed by atoms with Crippen molar-refractivity contribution in [2.24, 2.45) is 0 Å². The van der Waals surface area contributed by atoms with Gasteiger partial charge in [-0.3, -0.25) is 0 Å². The van der Waals surface area contributed by atoms with Gasteiger partial charge in [0, 0.05) is 9.58 Å². The second-order valence-electron chi connectivity index (χ2n) is 5.05. The molecule has 16 heavy (non-hydrogen) atoms. The van der Waals surface area contributed by atoms with Gasteiger partial charge in [-0.05, 0) is 67.3 Å². The van der Waals surface area contributed by atoms with Crippen molar-refractivity contribution in [2.75, 3.05) is 0 Å². The molecule has 0 amide bonds. The quantitative estimate of drug-likeness (QED) is 0.629. The van der Waals surface area contributed by atoms with Crippen molar-refractivity contribution in [3.05, 3.63) is 33.2 Å². The maximum atomic E-state index is 2.39. The lowest BCUT2D eigenvalue weighted by Gasteiger charge is -2.10. The molecule has 1 heteroatoms. The minimum atomic E-state index is 0.636. The summed E-state index contributed by atoms with van der Waals surface area (Å²) in [7, 11) is 0. The van der Waals surface area contributed by atoms with Crippen LogP contribution in [0.4, 0.5) is 0 Å². The zero-order valence-corrected chi connectivity index (χ0v) is 11.9. The van der Waals surface area contributed by atoms with Crippen LogP contribution in [-0.2, 0) is 0 Å². The Balaban J connectivity index is 2.86. The molecular weight excluding hydrogens is 212 g/mol. The summed E-state index contributed by atoms with van der Waals surface area (Å²) >= 11 is 1.97. The number of thiophene rings is 1. The number of fused-ring (bicyclic) bond motifs is 1. The van der Waals surface area contributed by atoms with Gasteiger partial charge in [0.05, 0.1) is 0 Å². The van der Waals surface area contributed by atoms with Crippen LogP contribution >= 0.6 is 11.3 Å². The van der Waals surface area contributed by atoms with Crippen LogP contribution in [0.5, 0.6) is 0 Å². The predicted molar refractivity (Wildman–Crippen MR) is 74.9 cm³/mol. The minimum Gasteiger partial charge on any atom is -0.140 e. The first-order valence-electron chi connectivity index (χ1n) is 5.93. The highest BCUT2D eigenvalue weighted by atomic mass is 32.1. The SMILES string of the molecule is Cc1c(C)c(C)c2sc(C(C)C)cc2c1C. The second-order valence-corrected chi connectivity index (χ2v) is 6.13. The Labute approximate surface area is 102 Å². The van der Waals surface area contributed by atoms with Crippen LogP contribution in [0.1, 0.15) is 46.9 Å². The van der Waals surface area contributed by atoms with Crippen LogP contribution in [-0.4, -0.2) is 0 Å². The summed E-state index contributed by atoms with van der Waals surface area (Å²) in [6.45, 7) is 13.5. The van der Waals surface area contributed by atoms with Crippen molar-refractivity contribution in [1.29, 1.82) is 0 Å². The summed E-state index contributed by atoms with van der Waals surface area (Å²) in [4.78, 5) is 1.51. The molecule has 1 aromatic carbocycles. The topological polar surface area (TPSA) is 0 Å². The van der Waals surface area contributed by atoms with E-state index in [1.165, 1.54) is 37.2 Å². The molecule has 0 bridgehead atoms. The van der Waals surface area contributed by atoms with Crippen molar-refractivity contribution in [1.82, 2.24) is 0 Å². The summed E-state index contributed by atoms with van der Waals surface area (Å²) in [6.07, 6.45) is 0. The molecule has 0 fully saturated rings. The third-order valence-electron chi connectivity index (χ3n) is 3.75. The van der Waals surface area contributed by atoms with E-state index >= 15 is 0 Å². The molecule has 0 radical (unpaired) electrons. The summed E-state index contributed by atoms with van der Waals surface area (Å²) in [5, 5.41) is 1.47. The van der Waals surface area contributed by atoms with Crippen LogP contribution in [0.2, 0.25) is 0 Å². The molecule has 0 aliphatic heterocycles. The van der Waals surface area contributed by atoms with E-state index in [0.29, 0.717) is 5.92 Å². The standard InChI is InChI=1S/C15H20S/c1-8(2)14-7-13-11(5)9(3)10(4)12(6)15(13)16-14/h7-8H,1-6H3. The summed E-state index contributed by atoms with van der Waals surface area (Å²) in [5.41, 5.74) is 5.84. The number of hydrogen-bond donors (Lipinski definition) is 0. The first-order valence-corrected chi connectivity index (χ1v) is 6.75. The van der Waals surface area contributed by atoms with Crippen molar-refractivity contribution < 1.29 is 0 Å². The van der Waals surface area contributed by atoms with Gasteiger partial charge in [-0.25, -0.2) is 0 Å². The van der Waals surface area contributed by atoms with Gasteiger partial charge < -0.3 is 0 Å². The fourth-order valence-electron chi connectivity index (χ4n) is 2.19. The highest BCUT2D eigenvalue weighted by molar-refractivity contribution is 7.19. The summed E-state index contributed by atoms with van der Waals surface area (Å²) < 4.78 is 1.49. The van der Waals surface area contributed by atoms with E-state index in [-0.39, 0.29) is 0 Å². The molecule has 1 aromatic heterocycles. The van der Waals surface area contributed by atoms with Gasteiger partial charge in [-0.1, -0.05) is 13.8 Å². The molecule has 2 aromatic rings. The Morgan fingerprint density at radius 2 is 1.44 bits per heavy atom. The molecule has 0 N–H and O–H groups in total. The van der Waals surface area contributed by atoms with Gasteiger partial charge in [0.15, 0.2) is 0 Å². The van der Waals surface area contributed by atoms with E-state index in [0.717, 1.165) is 0 Å². The van der Waals surface area contributed by atoms with Gasteiger partial charge in [0.1, 0.15) is 0 Å². The Bertz CT molecular complexity index is 499. The molecule has 0 spiro atoms. The molecule has 2 rings (SSSR count). The highest BCUT2D eigenvalue weighted by Gasteiger charge is 2.13. The smallest absolute Gasteiger partial charge is 0.0380 e. The first-order chi connectivity index (χ1) is 7.43. The maximum absolute atomic E-state index is 2.39.